The highest BCUT2D eigenvalue weighted by Crippen LogP contribution is 2.21. The van der Waals surface area contributed by atoms with Crippen LogP contribution >= 0.6 is 0 Å². The highest BCUT2D eigenvalue weighted by molar-refractivity contribution is 5.99. The fourth-order valence-corrected chi connectivity index (χ4v) is 3.33. The molecule has 7 nitrogen and oxygen atoms in total. The summed E-state index contributed by atoms with van der Waals surface area (Å²) in [6, 6.07) is 11.3. The Kier molecular flexibility index (Phi) is 5.98. The minimum Gasteiger partial charge on any atom is -0.360 e. The van der Waals surface area contributed by atoms with E-state index in [0.717, 1.165) is 22.6 Å². The van der Waals surface area contributed by atoms with Crippen molar-refractivity contribution < 1.29 is 14.1 Å². The maximum atomic E-state index is 12.8. The van der Waals surface area contributed by atoms with E-state index >= 15 is 0 Å². The minimum atomic E-state index is -0.160. The quantitative estimate of drug-likeness (QED) is 0.621. The van der Waals surface area contributed by atoms with Crippen molar-refractivity contribution in [2.45, 2.75) is 27.7 Å². The third kappa shape index (κ3) is 4.81. The van der Waals surface area contributed by atoms with Crippen LogP contribution in [0, 0.1) is 27.7 Å². The van der Waals surface area contributed by atoms with E-state index < -0.39 is 0 Å². The van der Waals surface area contributed by atoms with Gasteiger partial charge in [-0.25, -0.2) is 0 Å². The number of nitrogens with zero attached hydrogens (tertiary/aromatic N) is 3. The molecule has 0 atom stereocenters. The zero-order valence-electron chi connectivity index (χ0n) is 17.4. The zero-order valence-corrected chi connectivity index (χ0v) is 17.4. The number of aromatic nitrogens is 2. The van der Waals surface area contributed by atoms with Gasteiger partial charge in [0.2, 0.25) is 5.91 Å². The van der Waals surface area contributed by atoms with Crippen LogP contribution < -0.4 is 5.32 Å². The van der Waals surface area contributed by atoms with Crippen LogP contribution in [0.15, 0.2) is 40.9 Å². The zero-order chi connectivity index (χ0) is 21.1. The topological polar surface area (TPSA) is 80.4 Å². The molecule has 0 aliphatic rings. The molecule has 0 unspecified atom stereocenters. The number of benzene rings is 1. The molecule has 0 saturated carbocycles. The minimum absolute atomic E-state index is 0.0461. The number of carbonyl (C=O) groups excluding carboxylic acids is 2. The molecule has 1 amide bonds. The lowest BCUT2D eigenvalue weighted by Crippen LogP contribution is -2.34. The summed E-state index contributed by atoms with van der Waals surface area (Å²) in [5.41, 5.74) is 4.20. The lowest BCUT2D eigenvalue weighted by atomic mass is 10.1. The van der Waals surface area contributed by atoms with Crippen molar-refractivity contribution >= 4 is 17.4 Å². The molecule has 0 radical (unpaired) electrons. The number of hydrogen-bond acceptors (Lipinski definition) is 5. The van der Waals surface area contributed by atoms with Gasteiger partial charge in [-0.15, -0.1) is 0 Å². The lowest BCUT2D eigenvalue weighted by molar-refractivity contribution is -0.116. The first-order chi connectivity index (χ1) is 13.7. The molecule has 2 aromatic heterocycles. The lowest BCUT2D eigenvalue weighted by Gasteiger charge is -2.15. The van der Waals surface area contributed by atoms with E-state index in [2.05, 4.69) is 10.5 Å². The van der Waals surface area contributed by atoms with Gasteiger partial charge in [-0.1, -0.05) is 22.9 Å². The molecule has 0 fully saturated rings. The molecule has 1 aromatic carbocycles. The monoisotopic (exact) mass is 394 g/mol. The van der Waals surface area contributed by atoms with E-state index in [1.165, 1.54) is 0 Å². The van der Waals surface area contributed by atoms with Crippen LogP contribution in [-0.2, 0) is 4.79 Å². The molecule has 0 aliphatic carbocycles. The van der Waals surface area contributed by atoms with Crippen molar-refractivity contribution in [1.29, 1.82) is 0 Å². The summed E-state index contributed by atoms with van der Waals surface area (Å²) in [4.78, 5) is 26.8. The molecule has 3 aromatic rings. The number of nitrogens with one attached hydrogen (secondary N) is 1. The maximum absolute atomic E-state index is 12.8. The summed E-state index contributed by atoms with van der Waals surface area (Å²) in [6.45, 7) is 7.89. The van der Waals surface area contributed by atoms with Crippen LogP contribution in [0.25, 0.3) is 5.82 Å². The Labute approximate surface area is 170 Å². The second-order valence-electron chi connectivity index (χ2n) is 7.43. The second-order valence-corrected chi connectivity index (χ2v) is 7.43. The van der Waals surface area contributed by atoms with Crippen LogP contribution in [0.1, 0.15) is 33.1 Å². The fourth-order valence-electron chi connectivity index (χ4n) is 3.33. The fraction of sp³-hybridized carbons (Fsp3) is 0.318. The van der Waals surface area contributed by atoms with Crippen molar-refractivity contribution in [3.05, 3.63) is 64.7 Å². The van der Waals surface area contributed by atoms with Crippen molar-refractivity contribution in [3.8, 4) is 5.82 Å². The summed E-state index contributed by atoms with van der Waals surface area (Å²) < 4.78 is 7.05. The average Bonchev–Trinajstić information content (AvgIpc) is 3.19. The number of carbonyl (C=O) groups is 2. The number of aryl methyl sites for hydroxylation is 3. The molecule has 0 bridgehead atoms. The maximum Gasteiger partial charge on any atom is 0.238 e. The summed E-state index contributed by atoms with van der Waals surface area (Å²) in [5.74, 6) is 1.16. The number of Topliss-reactive ketones (excluding diaryl/α,β-unsaturated/α-hetero) is 1. The highest BCUT2D eigenvalue weighted by Gasteiger charge is 2.20. The third-order valence-electron chi connectivity index (χ3n) is 4.74. The SMILES string of the molecule is Cc1ccc(NC(=O)CN(C)CC(=O)c2cc(C)n(-c3cc(C)on3)c2C)cc1. The first-order valence-corrected chi connectivity index (χ1v) is 9.45. The van der Waals surface area contributed by atoms with E-state index in [9.17, 15) is 9.59 Å². The molecule has 3 rings (SSSR count). The number of rotatable bonds is 7. The van der Waals surface area contributed by atoms with Gasteiger partial charge in [-0.05, 0) is 52.9 Å². The number of likely N-dealkylation sites (N-methyl/N-ethyl adjacent to an activating group) is 1. The third-order valence-corrected chi connectivity index (χ3v) is 4.74. The van der Waals surface area contributed by atoms with Crippen molar-refractivity contribution in [1.82, 2.24) is 14.6 Å². The van der Waals surface area contributed by atoms with Crippen LogP contribution in [0.4, 0.5) is 5.69 Å². The Morgan fingerprint density at radius 1 is 1.07 bits per heavy atom. The molecular weight excluding hydrogens is 368 g/mol. The van der Waals surface area contributed by atoms with Gasteiger partial charge in [-0.3, -0.25) is 19.1 Å². The van der Waals surface area contributed by atoms with Gasteiger partial charge in [0.1, 0.15) is 5.76 Å². The van der Waals surface area contributed by atoms with E-state index in [4.69, 9.17) is 4.52 Å². The Morgan fingerprint density at radius 3 is 2.38 bits per heavy atom. The summed E-state index contributed by atoms with van der Waals surface area (Å²) in [5, 5.41) is 6.89. The van der Waals surface area contributed by atoms with Gasteiger partial charge in [0.25, 0.3) is 0 Å². The second kappa shape index (κ2) is 8.45. The number of hydrogen-bond donors (Lipinski definition) is 1. The predicted molar refractivity (Wildman–Crippen MR) is 112 cm³/mol. The Morgan fingerprint density at radius 2 is 1.76 bits per heavy atom. The predicted octanol–water partition coefficient (Wildman–Crippen LogP) is 3.45. The smallest absolute Gasteiger partial charge is 0.238 e. The molecule has 7 heteroatoms. The molecule has 152 valence electrons. The number of ketones is 1. The van der Waals surface area contributed by atoms with Crippen molar-refractivity contribution in [2.24, 2.45) is 0 Å². The van der Waals surface area contributed by atoms with Crippen molar-refractivity contribution in [2.75, 3.05) is 25.5 Å². The van der Waals surface area contributed by atoms with Crippen molar-refractivity contribution in [3.63, 3.8) is 0 Å². The van der Waals surface area contributed by atoms with Gasteiger partial charge in [0, 0.05) is 28.7 Å². The van der Waals surface area contributed by atoms with Gasteiger partial charge < -0.3 is 9.84 Å². The molecule has 0 aliphatic heterocycles. The molecule has 0 saturated heterocycles. The van der Waals surface area contributed by atoms with Crippen LogP contribution in [0.3, 0.4) is 0 Å². The first kappa shape index (κ1) is 20.5. The number of amides is 1. The normalized spacial score (nSPS) is 11.1. The average molecular weight is 394 g/mol. The summed E-state index contributed by atoms with van der Waals surface area (Å²) >= 11 is 0. The van der Waals surface area contributed by atoms with Gasteiger partial charge in [-0.2, -0.15) is 0 Å². The molecular formula is C22H26N4O3. The van der Waals surface area contributed by atoms with Gasteiger partial charge in [0.05, 0.1) is 13.1 Å². The van der Waals surface area contributed by atoms with E-state index in [0.29, 0.717) is 17.1 Å². The van der Waals surface area contributed by atoms with Crippen LogP contribution in [0.5, 0.6) is 0 Å². The first-order valence-electron chi connectivity index (χ1n) is 9.45. The molecule has 29 heavy (non-hydrogen) atoms. The van der Waals surface area contributed by atoms with Crippen LogP contribution in [-0.4, -0.2) is 46.5 Å². The molecule has 2 heterocycles. The standard InChI is InChI=1S/C22H26N4O3/c1-14-6-8-18(9-7-14)23-22(28)13-25(5)12-20(27)19-10-15(2)26(17(19)4)21-11-16(3)29-24-21/h6-11H,12-13H2,1-5H3,(H,23,28). The Hall–Kier alpha value is -3.19. The van der Waals surface area contributed by atoms with E-state index in [1.807, 2.05) is 68.7 Å². The van der Waals surface area contributed by atoms with Gasteiger partial charge in [0.15, 0.2) is 11.6 Å². The van der Waals surface area contributed by atoms with E-state index in [1.54, 1.807) is 11.9 Å². The van der Waals surface area contributed by atoms with Gasteiger partial charge >= 0.3 is 0 Å². The molecule has 0 spiro atoms. The van der Waals surface area contributed by atoms with Crippen LogP contribution in [0.2, 0.25) is 0 Å². The Balaban J connectivity index is 1.64. The summed E-state index contributed by atoms with van der Waals surface area (Å²) in [6.07, 6.45) is 0. The van der Waals surface area contributed by atoms with E-state index in [-0.39, 0.29) is 24.8 Å². The molecule has 1 N–H and O–H groups in total. The Bertz CT molecular complexity index is 1030. The number of anilines is 1. The highest BCUT2D eigenvalue weighted by atomic mass is 16.5. The summed E-state index contributed by atoms with van der Waals surface area (Å²) in [7, 11) is 1.76. The largest absolute Gasteiger partial charge is 0.360 e.